The molecule has 0 radical (unpaired) electrons. The average molecular weight is 361 g/mol. The van der Waals surface area contributed by atoms with Gasteiger partial charge < -0.3 is 20.5 Å². The third-order valence-electron chi connectivity index (χ3n) is 2.60. The Kier molecular flexibility index (Phi) is 8.46. The molecule has 1 aromatic rings. The second-order valence-corrected chi connectivity index (χ2v) is 5.80. The summed E-state index contributed by atoms with van der Waals surface area (Å²) >= 11 is 6.82. The number of thioether (sulfide) groups is 1. The van der Waals surface area contributed by atoms with Crippen LogP contribution in [-0.4, -0.2) is 54.2 Å². The van der Waals surface area contributed by atoms with Crippen molar-refractivity contribution < 1.29 is 24.2 Å². The van der Waals surface area contributed by atoms with Gasteiger partial charge in [-0.2, -0.15) is 0 Å². The summed E-state index contributed by atoms with van der Waals surface area (Å²) in [6, 6.07) is 5.54. The second-order valence-electron chi connectivity index (χ2n) is 4.37. The van der Waals surface area contributed by atoms with E-state index in [1.54, 1.807) is 24.3 Å². The van der Waals surface area contributed by atoms with Crippen LogP contribution in [0.4, 0.5) is 5.69 Å². The van der Waals surface area contributed by atoms with E-state index >= 15 is 0 Å². The number of aliphatic hydroxyl groups is 1. The van der Waals surface area contributed by atoms with Gasteiger partial charge >= 0.3 is 5.97 Å². The molecule has 0 aromatic heterocycles. The number of benzene rings is 1. The highest BCUT2D eigenvalue weighted by Crippen LogP contribution is 2.13. The maximum atomic E-state index is 11.7. The molecule has 0 aliphatic rings. The Bertz CT molecular complexity index is 553. The number of aliphatic hydroxyl groups excluding tert-OH is 1. The van der Waals surface area contributed by atoms with Gasteiger partial charge in [0, 0.05) is 10.7 Å². The van der Waals surface area contributed by atoms with Crippen LogP contribution < -0.4 is 10.6 Å². The van der Waals surface area contributed by atoms with Gasteiger partial charge in [-0.15, -0.1) is 11.8 Å². The van der Waals surface area contributed by atoms with Crippen molar-refractivity contribution in [1.29, 1.82) is 0 Å². The number of nitrogens with one attached hydrogen (secondary N) is 2. The van der Waals surface area contributed by atoms with Gasteiger partial charge in [-0.05, 0) is 24.3 Å². The topological polar surface area (TPSA) is 105 Å². The molecule has 3 N–H and O–H groups in total. The Morgan fingerprint density at radius 3 is 2.39 bits per heavy atom. The normalized spacial score (nSPS) is 11.4. The monoisotopic (exact) mass is 360 g/mol. The summed E-state index contributed by atoms with van der Waals surface area (Å²) in [5.74, 6) is -1.43. The summed E-state index contributed by atoms with van der Waals surface area (Å²) in [6.45, 7) is -0.555. The Morgan fingerprint density at radius 2 is 1.83 bits per heavy atom. The van der Waals surface area contributed by atoms with Crippen LogP contribution in [0.1, 0.15) is 0 Å². The zero-order valence-electron chi connectivity index (χ0n) is 12.4. The van der Waals surface area contributed by atoms with E-state index in [4.69, 9.17) is 16.7 Å². The van der Waals surface area contributed by atoms with Gasteiger partial charge in [0.15, 0.2) is 6.04 Å². The zero-order chi connectivity index (χ0) is 17.2. The van der Waals surface area contributed by atoms with Crippen LogP contribution in [0.15, 0.2) is 24.3 Å². The minimum Gasteiger partial charge on any atom is -0.467 e. The third kappa shape index (κ3) is 7.36. The molecule has 126 valence electrons. The van der Waals surface area contributed by atoms with E-state index in [-0.39, 0.29) is 17.4 Å². The zero-order valence-corrected chi connectivity index (χ0v) is 13.9. The molecule has 0 aliphatic carbocycles. The van der Waals surface area contributed by atoms with Crippen LogP contribution in [0.5, 0.6) is 0 Å². The van der Waals surface area contributed by atoms with Crippen LogP contribution >= 0.6 is 23.4 Å². The molecule has 0 spiro atoms. The molecule has 0 bridgehead atoms. The predicted molar refractivity (Wildman–Crippen MR) is 88.4 cm³/mol. The minimum absolute atomic E-state index is 0.0263. The number of anilines is 1. The number of carbonyl (C=O) groups is 3. The third-order valence-corrected chi connectivity index (χ3v) is 3.78. The molecule has 7 nitrogen and oxygen atoms in total. The minimum atomic E-state index is -1.10. The number of halogens is 1. The predicted octanol–water partition coefficient (Wildman–Crippen LogP) is 0.662. The summed E-state index contributed by atoms with van der Waals surface area (Å²) in [4.78, 5) is 34.5. The lowest BCUT2D eigenvalue weighted by Crippen LogP contribution is -2.44. The molecular formula is C14H17ClN2O5S. The molecule has 0 heterocycles. The Labute approximate surface area is 142 Å². The molecule has 0 saturated carbocycles. The number of esters is 1. The van der Waals surface area contributed by atoms with Gasteiger partial charge in [-0.3, -0.25) is 9.59 Å². The summed E-state index contributed by atoms with van der Waals surface area (Å²) in [7, 11) is 1.16. The van der Waals surface area contributed by atoms with Gasteiger partial charge in [0.05, 0.1) is 25.2 Å². The van der Waals surface area contributed by atoms with Gasteiger partial charge in [-0.1, -0.05) is 11.6 Å². The number of methoxy groups -OCH3 is 1. The Hall–Kier alpha value is -1.77. The lowest BCUT2D eigenvalue weighted by atomic mass is 10.3. The summed E-state index contributed by atoms with van der Waals surface area (Å²) in [5.41, 5.74) is 0.607. The first kappa shape index (κ1) is 19.3. The van der Waals surface area contributed by atoms with Gasteiger partial charge in [0.1, 0.15) is 0 Å². The summed E-state index contributed by atoms with van der Waals surface area (Å²) < 4.78 is 4.43. The van der Waals surface area contributed by atoms with Crippen molar-refractivity contribution in [3.63, 3.8) is 0 Å². The van der Waals surface area contributed by atoms with Gasteiger partial charge in [0.25, 0.3) is 0 Å². The number of amides is 2. The van der Waals surface area contributed by atoms with Crippen molar-refractivity contribution in [3.8, 4) is 0 Å². The molecule has 1 atom stereocenters. The molecule has 0 aliphatic heterocycles. The number of rotatable bonds is 8. The van der Waals surface area contributed by atoms with Crippen LogP contribution in [0, 0.1) is 0 Å². The van der Waals surface area contributed by atoms with Gasteiger partial charge in [-0.25, -0.2) is 4.79 Å². The van der Waals surface area contributed by atoms with Crippen molar-refractivity contribution in [3.05, 3.63) is 29.3 Å². The standard InChI is InChI=1S/C14H17ClN2O5S/c1-22-14(21)11(6-18)17-13(20)8-23-7-12(19)16-10-4-2-9(15)3-5-10/h2-5,11,18H,6-8H2,1H3,(H,16,19)(H,17,20)/t11-/m1/s1. The fraction of sp³-hybridized carbons (Fsp3) is 0.357. The van der Waals surface area contributed by atoms with Crippen LogP contribution in [0.25, 0.3) is 0 Å². The molecule has 0 saturated heterocycles. The highest BCUT2D eigenvalue weighted by Gasteiger charge is 2.20. The van der Waals surface area contributed by atoms with Crippen LogP contribution in [0.2, 0.25) is 5.02 Å². The quantitative estimate of drug-likeness (QED) is 0.588. The van der Waals surface area contributed by atoms with Crippen LogP contribution in [0.3, 0.4) is 0 Å². The summed E-state index contributed by atoms with van der Waals surface area (Å²) in [6.07, 6.45) is 0. The number of ether oxygens (including phenoxy) is 1. The van der Waals surface area contributed by atoms with E-state index < -0.39 is 24.5 Å². The second kappa shape index (κ2) is 10.1. The average Bonchev–Trinajstić information content (AvgIpc) is 2.54. The number of carbonyl (C=O) groups excluding carboxylic acids is 3. The SMILES string of the molecule is COC(=O)[C@@H](CO)NC(=O)CSCC(=O)Nc1ccc(Cl)cc1. The molecule has 23 heavy (non-hydrogen) atoms. The lowest BCUT2D eigenvalue weighted by Gasteiger charge is -2.13. The maximum absolute atomic E-state index is 11.7. The van der Waals surface area contributed by atoms with Crippen molar-refractivity contribution >= 4 is 46.8 Å². The van der Waals surface area contributed by atoms with Gasteiger partial charge in [0.2, 0.25) is 11.8 Å². The van der Waals surface area contributed by atoms with Crippen molar-refractivity contribution in [2.45, 2.75) is 6.04 Å². The summed E-state index contributed by atoms with van der Waals surface area (Å²) in [5, 5.41) is 14.5. The fourth-order valence-electron chi connectivity index (χ4n) is 1.52. The highest BCUT2D eigenvalue weighted by molar-refractivity contribution is 8.00. The molecular weight excluding hydrogens is 344 g/mol. The fourth-order valence-corrected chi connectivity index (χ4v) is 2.28. The Morgan fingerprint density at radius 1 is 1.22 bits per heavy atom. The van der Waals surface area contributed by atoms with Crippen molar-refractivity contribution in [2.24, 2.45) is 0 Å². The lowest BCUT2D eigenvalue weighted by molar-refractivity contribution is -0.145. The van der Waals surface area contributed by atoms with Crippen molar-refractivity contribution in [2.75, 3.05) is 30.5 Å². The van der Waals surface area contributed by atoms with Crippen LogP contribution in [-0.2, 0) is 19.1 Å². The maximum Gasteiger partial charge on any atom is 0.330 e. The van der Waals surface area contributed by atoms with Crippen molar-refractivity contribution in [1.82, 2.24) is 5.32 Å². The number of hydrogen-bond donors (Lipinski definition) is 3. The first-order chi connectivity index (χ1) is 11.0. The van der Waals surface area contributed by atoms with E-state index in [2.05, 4.69) is 15.4 Å². The first-order valence-electron chi connectivity index (χ1n) is 6.57. The molecule has 2 amide bonds. The largest absolute Gasteiger partial charge is 0.467 e. The molecule has 9 heteroatoms. The smallest absolute Gasteiger partial charge is 0.330 e. The molecule has 0 unspecified atom stereocenters. The highest BCUT2D eigenvalue weighted by atomic mass is 35.5. The van der Waals surface area contributed by atoms with E-state index in [9.17, 15) is 14.4 Å². The number of hydrogen-bond acceptors (Lipinski definition) is 6. The Balaban J connectivity index is 2.29. The van der Waals surface area contributed by atoms with E-state index in [0.29, 0.717) is 10.7 Å². The van der Waals surface area contributed by atoms with E-state index in [0.717, 1.165) is 18.9 Å². The van der Waals surface area contributed by atoms with E-state index in [1.165, 1.54) is 0 Å². The first-order valence-corrected chi connectivity index (χ1v) is 8.10. The van der Waals surface area contributed by atoms with E-state index in [1.807, 2.05) is 0 Å². The molecule has 0 fully saturated rings. The molecule has 1 rings (SSSR count). The molecule has 1 aromatic carbocycles.